The number of halogens is 3. The van der Waals surface area contributed by atoms with Crippen LogP contribution < -0.4 is 14.4 Å². The highest BCUT2D eigenvalue weighted by atomic mass is 19.4. The zero-order chi connectivity index (χ0) is 22.2. The quantitative estimate of drug-likeness (QED) is 0.783. The van der Waals surface area contributed by atoms with E-state index in [1.54, 1.807) is 6.07 Å². The minimum Gasteiger partial charge on any atom is -0.503 e. The number of alkyl halides is 3. The van der Waals surface area contributed by atoms with E-state index in [1.807, 2.05) is 0 Å². The maximum absolute atomic E-state index is 13.2. The first kappa shape index (κ1) is 21.2. The van der Waals surface area contributed by atoms with E-state index in [2.05, 4.69) is 0 Å². The summed E-state index contributed by atoms with van der Waals surface area (Å²) in [4.78, 5) is 26.0. The van der Waals surface area contributed by atoms with Gasteiger partial charge < -0.3 is 14.6 Å². The Labute approximate surface area is 170 Å². The summed E-state index contributed by atoms with van der Waals surface area (Å²) in [5, 5.41) is 10.4. The summed E-state index contributed by atoms with van der Waals surface area (Å²) in [6.45, 7) is 1.16. The van der Waals surface area contributed by atoms with Crippen molar-refractivity contribution in [3.8, 4) is 11.5 Å². The Morgan fingerprint density at radius 1 is 1.10 bits per heavy atom. The first-order valence-corrected chi connectivity index (χ1v) is 8.77. The molecule has 1 N–H and O–H groups in total. The van der Waals surface area contributed by atoms with Crippen molar-refractivity contribution < 1.29 is 37.3 Å². The maximum Gasteiger partial charge on any atom is 0.416 e. The summed E-state index contributed by atoms with van der Waals surface area (Å²) in [6.07, 6.45) is -4.63. The summed E-state index contributed by atoms with van der Waals surface area (Å²) in [6, 6.07) is 7.51. The molecule has 0 radical (unpaired) electrons. The summed E-state index contributed by atoms with van der Waals surface area (Å²) >= 11 is 0. The minimum absolute atomic E-state index is 0.125. The lowest BCUT2D eigenvalue weighted by Gasteiger charge is -2.28. The van der Waals surface area contributed by atoms with Gasteiger partial charge in [0.2, 0.25) is 0 Å². The smallest absolute Gasteiger partial charge is 0.416 e. The Bertz CT molecular complexity index is 1050. The molecule has 2 aromatic rings. The number of methoxy groups -OCH3 is 2. The molecule has 0 aromatic heterocycles. The number of aliphatic hydroxyl groups is 1. The van der Waals surface area contributed by atoms with E-state index in [1.165, 1.54) is 32.4 Å². The molecule has 0 saturated heterocycles. The van der Waals surface area contributed by atoms with Crippen LogP contribution in [0.1, 0.15) is 24.1 Å². The Morgan fingerprint density at radius 3 is 2.37 bits per heavy atom. The standard InChI is InChI=1S/C21H18F3NO5/c1-11(26)17-18(15-8-7-14(29-2)10-16(15)30-3)25(20(28)19(17)27)13-6-4-5-12(9-13)21(22,23)24/h4-10,18,27H,1-3H3/t18-/m0/s1. The number of ketones is 1. The number of rotatable bonds is 5. The number of nitrogens with zero attached hydrogens (tertiary/aromatic N) is 1. The van der Waals surface area contributed by atoms with Gasteiger partial charge in [-0.1, -0.05) is 6.07 Å². The fourth-order valence-electron chi connectivity index (χ4n) is 3.40. The number of ether oxygens (including phenoxy) is 2. The molecular weight excluding hydrogens is 403 g/mol. The Morgan fingerprint density at radius 2 is 1.80 bits per heavy atom. The third-order valence-corrected chi connectivity index (χ3v) is 4.77. The van der Waals surface area contributed by atoms with Crippen molar-refractivity contribution >= 4 is 17.4 Å². The average molecular weight is 421 g/mol. The number of carbonyl (C=O) groups is 2. The third-order valence-electron chi connectivity index (χ3n) is 4.77. The number of amides is 1. The van der Waals surface area contributed by atoms with E-state index in [9.17, 15) is 27.9 Å². The second-order valence-electron chi connectivity index (χ2n) is 6.55. The summed E-state index contributed by atoms with van der Waals surface area (Å²) in [7, 11) is 2.80. The Kier molecular flexibility index (Phi) is 5.47. The number of carbonyl (C=O) groups excluding carboxylic acids is 2. The van der Waals surface area contributed by atoms with E-state index in [0.29, 0.717) is 11.3 Å². The largest absolute Gasteiger partial charge is 0.503 e. The second kappa shape index (κ2) is 7.74. The molecule has 6 nitrogen and oxygen atoms in total. The number of anilines is 1. The third kappa shape index (κ3) is 3.58. The van der Waals surface area contributed by atoms with Crippen molar-refractivity contribution in [1.82, 2.24) is 0 Å². The molecule has 30 heavy (non-hydrogen) atoms. The van der Waals surface area contributed by atoms with Gasteiger partial charge in [-0.3, -0.25) is 14.5 Å². The number of benzene rings is 2. The predicted octanol–water partition coefficient (Wildman–Crippen LogP) is 4.21. The van der Waals surface area contributed by atoms with Crippen LogP contribution in [0.3, 0.4) is 0 Å². The SMILES string of the molecule is COc1ccc([C@H]2C(C(C)=O)=C(O)C(=O)N2c2cccc(C(F)(F)F)c2)c(OC)c1. The lowest BCUT2D eigenvalue weighted by atomic mass is 9.95. The van der Waals surface area contributed by atoms with E-state index in [4.69, 9.17) is 9.47 Å². The lowest BCUT2D eigenvalue weighted by molar-refractivity contribution is -0.137. The van der Waals surface area contributed by atoms with Crippen LogP contribution in [0.25, 0.3) is 0 Å². The second-order valence-corrected chi connectivity index (χ2v) is 6.55. The monoisotopic (exact) mass is 421 g/mol. The zero-order valence-corrected chi connectivity index (χ0v) is 16.3. The Balaban J connectivity index is 2.23. The topological polar surface area (TPSA) is 76.1 Å². The molecule has 3 rings (SSSR count). The van der Waals surface area contributed by atoms with Crippen LogP contribution in [0.15, 0.2) is 53.8 Å². The van der Waals surface area contributed by atoms with Crippen LogP contribution in [0.4, 0.5) is 18.9 Å². The molecule has 1 amide bonds. The van der Waals surface area contributed by atoms with Crippen LogP contribution in [0.2, 0.25) is 0 Å². The van der Waals surface area contributed by atoms with Gasteiger partial charge in [-0.05, 0) is 37.3 Å². The van der Waals surface area contributed by atoms with Crippen molar-refractivity contribution in [3.63, 3.8) is 0 Å². The molecule has 0 aliphatic carbocycles. The van der Waals surface area contributed by atoms with Gasteiger partial charge in [-0.15, -0.1) is 0 Å². The van der Waals surface area contributed by atoms with Crippen LogP contribution in [0.5, 0.6) is 11.5 Å². The van der Waals surface area contributed by atoms with Gasteiger partial charge in [0.05, 0.1) is 31.4 Å². The summed E-state index contributed by atoms with van der Waals surface area (Å²) in [5.74, 6) is -1.73. The van der Waals surface area contributed by atoms with E-state index in [-0.39, 0.29) is 17.0 Å². The molecule has 158 valence electrons. The molecule has 9 heteroatoms. The summed E-state index contributed by atoms with van der Waals surface area (Å²) < 4.78 is 50.1. The molecule has 0 saturated carbocycles. The van der Waals surface area contributed by atoms with Crippen molar-refractivity contribution in [2.75, 3.05) is 19.1 Å². The first-order chi connectivity index (χ1) is 14.1. The first-order valence-electron chi connectivity index (χ1n) is 8.77. The van der Waals surface area contributed by atoms with Gasteiger partial charge in [0.15, 0.2) is 11.5 Å². The fourth-order valence-corrected chi connectivity index (χ4v) is 3.40. The minimum atomic E-state index is -4.63. The van der Waals surface area contributed by atoms with Crippen LogP contribution in [0, 0.1) is 0 Å². The number of hydrogen-bond donors (Lipinski definition) is 1. The van der Waals surface area contributed by atoms with Crippen molar-refractivity contribution in [2.45, 2.75) is 19.1 Å². The van der Waals surface area contributed by atoms with Crippen molar-refractivity contribution in [3.05, 3.63) is 64.9 Å². The van der Waals surface area contributed by atoms with Crippen LogP contribution >= 0.6 is 0 Å². The fraction of sp³-hybridized carbons (Fsp3) is 0.238. The van der Waals surface area contributed by atoms with E-state index < -0.39 is 35.2 Å². The molecule has 1 heterocycles. The number of hydrogen-bond acceptors (Lipinski definition) is 5. The lowest BCUT2D eigenvalue weighted by Crippen LogP contribution is -2.31. The van der Waals surface area contributed by atoms with Gasteiger partial charge in [0, 0.05) is 17.3 Å². The van der Waals surface area contributed by atoms with E-state index in [0.717, 1.165) is 30.0 Å². The van der Waals surface area contributed by atoms with Gasteiger partial charge in [-0.25, -0.2) is 0 Å². The molecule has 1 atom stereocenters. The molecule has 0 unspecified atom stereocenters. The van der Waals surface area contributed by atoms with E-state index >= 15 is 0 Å². The summed E-state index contributed by atoms with van der Waals surface area (Å²) in [5.41, 5.74) is -1.02. The highest BCUT2D eigenvalue weighted by Gasteiger charge is 2.45. The number of Topliss-reactive ketones (excluding diaryl/α,β-unsaturated/α-hetero) is 1. The molecule has 1 aliphatic heterocycles. The maximum atomic E-state index is 13.2. The molecule has 2 aromatic carbocycles. The predicted molar refractivity (Wildman–Crippen MR) is 102 cm³/mol. The van der Waals surface area contributed by atoms with Gasteiger partial charge in [0.25, 0.3) is 5.91 Å². The van der Waals surface area contributed by atoms with Gasteiger partial charge >= 0.3 is 6.18 Å². The van der Waals surface area contributed by atoms with Crippen molar-refractivity contribution in [2.24, 2.45) is 0 Å². The highest BCUT2D eigenvalue weighted by molar-refractivity contribution is 6.16. The van der Waals surface area contributed by atoms with Gasteiger partial charge in [-0.2, -0.15) is 13.2 Å². The highest BCUT2D eigenvalue weighted by Crippen LogP contribution is 2.45. The Hall–Kier alpha value is -3.49. The average Bonchev–Trinajstić information content (AvgIpc) is 2.97. The number of aliphatic hydroxyl groups excluding tert-OH is 1. The molecule has 1 aliphatic rings. The van der Waals surface area contributed by atoms with Crippen LogP contribution in [-0.2, 0) is 15.8 Å². The molecular formula is C21H18F3NO5. The molecule has 0 fully saturated rings. The van der Waals surface area contributed by atoms with Crippen molar-refractivity contribution in [1.29, 1.82) is 0 Å². The molecule has 0 spiro atoms. The molecule has 0 bridgehead atoms. The van der Waals surface area contributed by atoms with Gasteiger partial charge in [0.1, 0.15) is 11.5 Å². The zero-order valence-electron chi connectivity index (χ0n) is 16.3. The normalized spacial score (nSPS) is 16.8. The van der Waals surface area contributed by atoms with Crippen LogP contribution in [-0.4, -0.2) is 31.0 Å².